The van der Waals surface area contributed by atoms with Crippen LogP contribution >= 0.6 is 0 Å². The summed E-state index contributed by atoms with van der Waals surface area (Å²) in [6.45, 7) is 4.07. The summed E-state index contributed by atoms with van der Waals surface area (Å²) in [6.07, 6.45) is 5.07. The van der Waals surface area contributed by atoms with Gasteiger partial charge in [-0.1, -0.05) is 74.7 Å². The molecule has 0 unspecified atom stereocenters. The number of benzene rings is 4. The number of rotatable bonds is 8. The van der Waals surface area contributed by atoms with E-state index in [2.05, 4.69) is 101 Å². The number of fused-ring (bicyclic) bond motifs is 6. The first-order valence-corrected chi connectivity index (χ1v) is 12.9. The van der Waals surface area contributed by atoms with Crippen LogP contribution in [0.1, 0.15) is 32.6 Å². The van der Waals surface area contributed by atoms with Gasteiger partial charge in [-0.25, -0.2) is 0 Å². The molecule has 4 aromatic carbocycles. The molecule has 6 rings (SSSR count). The Labute approximate surface area is 206 Å². The molecule has 2 aromatic heterocycles. The summed E-state index contributed by atoms with van der Waals surface area (Å²) in [5.41, 5.74) is 7.48. The molecular formula is C32H32N2O. The molecule has 0 radical (unpaired) electrons. The summed E-state index contributed by atoms with van der Waals surface area (Å²) in [5, 5.41) is 14.8. The van der Waals surface area contributed by atoms with E-state index in [1.165, 1.54) is 80.4 Å². The maximum absolute atomic E-state index is 9.64. The predicted octanol–water partition coefficient (Wildman–Crippen LogP) is 8.14. The third-order valence-electron chi connectivity index (χ3n) is 7.44. The first-order chi connectivity index (χ1) is 17.3. The van der Waals surface area contributed by atoms with E-state index in [1.54, 1.807) is 0 Å². The largest absolute Gasteiger partial charge is 0.395 e. The van der Waals surface area contributed by atoms with Crippen molar-refractivity contribution in [3.8, 4) is 11.1 Å². The first-order valence-electron chi connectivity index (χ1n) is 12.9. The molecule has 0 saturated heterocycles. The maximum Gasteiger partial charge on any atom is 0.0610 e. The van der Waals surface area contributed by atoms with E-state index in [9.17, 15) is 5.11 Å². The number of aliphatic hydroxyl groups is 1. The number of aliphatic hydroxyl groups excluding tert-OH is 1. The molecule has 35 heavy (non-hydrogen) atoms. The summed E-state index contributed by atoms with van der Waals surface area (Å²) in [6, 6.07) is 31.0. The Balaban J connectivity index is 1.48. The van der Waals surface area contributed by atoms with Gasteiger partial charge in [0.25, 0.3) is 0 Å². The van der Waals surface area contributed by atoms with Crippen LogP contribution in [0.2, 0.25) is 0 Å². The Morgan fingerprint density at radius 1 is 0.543 bits per heavy atom. The predicted molar refractivity (Wildman–Crippen MR) is 149 cm³/mol. The van der Waals surface area contributed by atoms with Crippen molar-refractivity contribution in [2.45, 2.75) is 45.7 Å². The van der Waals surface area contributed by atoms with Crippen molar-refractivity contribution in [1.82, 2.24) is 9.13 Å². The Bertz CT molecular complexity index is 1650. The maximum atomic E-state index is 9.64. The zero-order chi connectivity index (χ0) is 23.8. The SMILES string of the molecule is CCCCCCn1c2ccccc2c2cc(-c3ccc4c(c3)c3ccccc3n4CCO)ccc21. The summed E-state index contributed by atoms with van der Waals surface area (Å²) >= 11 is 0. The highest BCUT2D eigenvalue weighted by molar-refractivity contribution is 6.11. The van der Waals surface area contributed by atoms with Gasteiger partial charge in [0.05, 0.1) is 6.61 Å². The Hall–Kier alpha value is -3.56. The fourth-order valence-corrected chi connectivity index (χ4v) is 5.74. The van der Waals surface area contributed by atoms with Crippen LogP contribution in [0.5, 0.6) is 0 Å². The number of unbranched alkanes of at least 4 members (excludes halogenated alkanes) is 3. The van der Waals surface area contributed by atoms with Crippen molar-refractivity contribution in [3.05, 3.63) is 84.9 Å². The number of aryl methyl sites for hydroxylation is 1. The average molecular weight is 461 g/mol. The van der Waals surface area contributed by atoms with E-state index in [0.29, 0.717) is 6.54 Å². The molecule has 176 valence electrons. The summed E-state index contributed by atoms with van der Waals surface area (Å²) in [5.74, 6) is 0. The summed E-state index contributed by atoms with van der Waals surface area (Å²) in [7, 11) is 0. The van der Waals surface area contributed by atoms with Gasteiger partial charge in [0.15, 0.2) is 0 Å². The Morgan fingerprint density at radius 2 is 1.06 bits per heavy atom. The third kappa shape index (κ3) is 3.71. The highest BCUT2D eigenvalue weighted by Crippen LogP contribution is 2.36. The minimum atomic E-state index is 0.134. The van der Waals surface area contributed by atoms with Crippen LogP contribution < -0.4 is 0 Å². The fraction of sp³-hybridized carbons (Fsp3) is 0.250. The second kappa shape index (κ2) is 9.24. The molecule has 1 N–H and O–H groups in total. The second-order valence-electron chi connectivity index (χ2n) is 9.59. The minimum Gasteiger partial charge on any atom is -0.395 e. The van der Waals surface area contributed by atoms with Gasteiger partial charge in [-0.15, -0.1) is 0 Å². The van der Waals surface area contributed by atoms with Gasteiger partial charge < -0.3 is 14.2 Å². The molecular weight excluding hydrogens is 428 g/mol. The Kier molecular flexibility index (Phi) is 5.79. The van der Waals surface area contributed by atoms with Crippen LogP contribution in [0, 0.1) is 0 Å². The first kappa shape index (κ1) is 21.9. The van der Waals surface area contributed by atoms with Crippen LogP contribution in [0.4, 0.5) is 0 Å². The topological polar surface area (TPSA) is 30.1 Å². The molecule has 0 saturated carbocycles. The smallest absolute Gasteiger partial charge is 0.0610 e. The zero-order valence-corrected chi connectivity index (χ0v) is 20.4. The van der Waals surface area contributed by atoms with Crippen LogP contribution in [0.15, 0.2) is 84.9 Å². The molecule has 3 heteroatoms. The van der Waals surface area contributed by atoms with Crippen molar-refractivity contribution >= 4 is 43.6 Å². The summed E-state index contributed by atoms with van der Waals surface area (Å²) in [4.78, 5) is 0. The van der Waals surface area contributed by atoms with Crippen LogP contribution in [-0.2, 0) is 13.1 Å². The van der Waals surface area contributed by atoms with Gasteiger partial charge in [0.2, 0.25) is 0 Å². The van der Waals surface area contributed by atoms with Gasteiger partial charge in [0, 0.05) is 56.7 Å². The van der Waals surface area contributed by atoms with Gasteiger partial charge in [-0.2, -0.15) is 0 Å². The highest BCUT2D eigenvalue weighted by atomic mass is 16.3. The lowest BCUT2D eigenvalue weighted by molar-refractivity contribution is 0.280. The van der Waals surface area contributed by atoms with Crippen molar-refractivity contribution in [2.24, 2.45) is 0 Å². The lowest BCUT2D eigenvalue weighted by atomic mass is 10.0. The lowest BCUT2D eigenvalue weighted by Crippen LogP contribution is -2.01. The van der Waals surface area contributed by atoms with E-state index < -0.39 is 0 Å². The normalized spacial score (nSPS) is 11.9. The average Bonchev–Trinajstić information content (AvgIpc) is 3.39. The van der Waals surface area contributed by atoms with E-state index in [1.807, 2.05) is 0 Å². The molecule has 0 aliphatic rings. The fourth-order valence-electron chi connectivity index (χ4n) is 5.74. The van der Waals surface area contributed by atoms with E-state index >= 15 is 0 Å². The quantitative estimate of drug-likeness (QED) is 0.228. The number of nitrogens with zero attached hydrogens (tertiary/aromatic N) is 2. The molecule has 0 aliphatic carbocycles. The van der Waals surface area contributed by atoms with Crippen molar-refractivity contribution < 1.29 is 5.11 Å². The van der Waals surface area contributed by atoms with E-state index in [-0.39, 0.29) is 6.61 Å². The van der Waals surface area contributed by atoms with Gasteiger partial charge in [0.1, 0.15) is 0 Å². The molecule has 0 bridgehead atoms. The molecule has 0 amide bonds. The highest BCUT2D eigenvalue weighted by Gasteiger charge is 2.14. The lowest BCUT2D eigenvalue weighted by Gasteiger charge is -2.08. The minimum absolute atomic E-state index is 0.134. The molecule has 2 heterocycles. The Morgan fingerprint density at radius 3 is 1.60 bits per heavy atom. The monoisotopic (exact) mass is 460 g/mol. The number of aromatic nitrogens is 2. The van der Waals surface area contributed by atoms with Crippen molar-refractivity contribution in [1.29, 1.82) is 0 Å². The standard InChI is InChI=1S/C32H32N2O/c1-2-3-4-9-18-33-29-12-7-5-10-25(29)27-21-23(14-16-31(27)33)24-15-17-32-28(22-24)26-11-6-8-13-30(26)34(32)19-20-35/h5-8,10-17,21-22,35H,2-4,9,18-20H2,1H3. The second-order valence-corrected chi connectivity index (χ2v) is 9.59. The van der Waals surface area contributed by atoms with Crippen LogP contribution in [0.25, 0.3) is 54.7 Å². The zero-order valence-electron chi connectivity index (χ0n) is 20.4. The van der Waals surface area contributed by atoms with Gasteiger partial charge in [-0.3, -0.25) is 0 Å². The molecule has 0 aliphatic heterocycles. The number of hydrogen-bond acceptors (Lipinski definition) is 1. The van der Waals surface area contributed by atoms with Crippen LogP contribution in [0.3, 0.4) is 0 Å². The molecule has 0 fully saturated rings. The molecule has 6 aromatic rings. The number of para-hydroxylation sites is 2. The number of hydrogen-bond donors (Lipinski definition) is 1. The molecule has 0 atom stereocenters. The molecule has 3 nitrogen and oxygen atoms in total. The van der Waals surface area contributed by atoms with Crippen molar-refractivity contribution in [3.63, 3.8) is 0 Å². The third-order valence-corrected chi connectivity index (χ3v) is 7.44. The van der Waals surface area contributed by atoms with Crippen LogP contribution in [-0.4, -0.2) is 20.8 Å². The van der Waals surface area contributed by atoms with E-state index in [4.69, 9.17) is 0 Å². The van der Waals surface area contributed by atoms with Gasteiger partial charge in [-0.05, 0) is 53.9 Å². The van der Waals surface area contributed by atoms with Gasteiger partial charge >= 0.3 is 0 Å². The molecule has 0 spiro atoms. The van der Waals surface area contributed by atoms with Crippen molar-refractivity contribution in [2.75, 3.05) is 6.61 Å². The summed E-state index contributed by atoms with van der Waals surface area (Å²) < 4.78 is 4.74. The van der Waals surface area contributed by atoms with E-state index in [0.717, 1.165) is 6.54 Å².